The number of anilines is 1. The number of nitrogens with two attached hydrogens (primary N) is 1. The van der Waals surface area contributed by atoms with E-state index in [4.69, 9.17) is 10.5 Å². The molecule has 1 aromatic carbocycles. The van der Waals surface area contributed by atoms with Gasteiger partial charge in [-0.2, -0.15) is 0 Å². The maximum Gasteiger partial charge on any atom is 0.123 e. The molecule has 3 nitrogen and oxygen atoms in total. The lowest BCUT2D eigenvalue weighted by Gasteiger charge is -2.22. The second-order valence-corrected chi connectivity index (χ2v) is 6.51. The predicted molar refractivity (Wildman–Crippen MR) is 89.5 cm³/mol. The first-order valence-electron chi connectivity index (χ1n) is 8.33. The van der Waals surface area contributed by atoms with Gasteiger partial charge in [-0.1, -0.05) is 13.8 Å². The van der Waals surface area contributed by atoms with E-state index >= 15 is 0 Å². The molecule has 1 aromatic rings. The molecule has 1 atom stereocenters. The van der Waals surface area contributed by atoms with Crippen LogP contribution in [0.5, 0.6) is 5.75 Å². The normalized spacial score (nSPS) is 20.5. The van der Waals surface area contributed by atoms with E-state index in [9.17, 15) is 0 Å². The Morgan fingerprint density at radius 1 is 1.29 bits per heavy atom. The van der Waals surface area contributed by atoms with Crippen molar-refractivity contribution in [2.24, 2.45) is 11.8 Å². The smallest absolute Gasteiger partial charge is 0.123 e. The van der Waals surface area contributed by atoms with Gasteiger partial charge in [0.1, 0.15) is 5.75 Å². The van der Waals surface area contributed by atoms with E-state index in [0.717, 1.165) is 29.8 Å². The topological polar surface area (TPSA) is 38.5 Å². The Morgan fingerprint density at radius 3 is 2.81 bits per heavy atom. The summed E-state index contributed by atoms with van der Waals surface area (Å²) in [6.07, 6.45) is 3.97. The van der Waals surface area contributed by atoms with Gasteiger partial charge >= 0.3 is 0 Å². The van der Waals surface area contributed by atoms with Crippen molar-refractivity contribution in [3.63, 3.8) is 0 Å². The minimum atomic E-state index is 0.701. The minimum absolute atomic E-state index is 0.701. The van der Waals surface area contributed by atoms with E-state index in [-0.39, 0.29) is 0 Å². The highest BCUT2D eigenvalue weighted by Gasteiger charge is 2.20. The monoisotopic (exact) mass is 290 g/mol. The van der Waals surface area contributed by atoms with Crippen LogP contribution in [0.2, 0.25) is 0 Å². The average Bonchev–Trinajstić information content (AvgIpc) is 2.68. The van der Waals surface area contributed by atoms with Crippen LogP contribution in [0.3, 0.4) is 0 Å². The second-order valence-electron chi connectivity index (χ2n) is 6.51. The van der Waals surface area contributed by atoms with Gasteiger partial charge in [0.15, 0.2) is 0 Å². The summed E-state index contributed by atoms with van der Waals surface area (Å²) in [5.41, 5.74) is 7.99. The van der Waals surface area contributed by atoms with Crippen molar-refractivity contribution in [2.75, 3.05) is 25.4 Å². The summed E-state index contributed by atoms with van der Waals surface area (Å²) in [4.78, 5) is 2.56. The molecule has 1 heterocycles. The third kappa shape index (κ3) is 4.63. The third-order valence-electron chi connectivity index (χ3n) is 4.59. The number of benzene rings is 1. The summed E-state index contributed by atoms with van der Waals surface area (Å²) in [6, 6.07) is 5.99. The fraction of sp³-hybridized carbons (Fsp3) is 0.667. The number of likely N-dealkylation sites (tertiary alicyclic amines) is 1. The van der Waals surface area contributed by atoms with Crippen LogP contribution in [-0.2, 0) is 6.54 Å². The zero-order chi connectivity index (χ0) is 15.2. The first-order chi connectivity index (χ1) is 10.1. The molecule has 0 spiro atoms. The summed E-state index contributed by atoms with van der Waals surface area (Å²) in [5, 5.41) is 0. The van der Waals surface area contributed by atoms with E-state index < -0.39 is 0 Å². The quantitative estimate of drug-likeness (QED) is 0.835. The Morgan fingerprint density at radius 2 is 2.10 bits per heavy atom. The number of ether oxygens (including phenoxy) is 1. The molecule has 0 aromatic heterocycles. The SMILES string of the molecule is CCOc1ccc(N)cc1CN1CCCC(C(C)C)CC1. The van der Waals surface area contributed by atoms with Gasteiger partial charge in [-0.05, 0) is 69.3 Å². The number of hydrogen-bond acceptors (Lipinski definition) is 3. The zero-order valence-electron chi connectivity index (χ0n) is 13.8. The minimum Gasteiger partial charge on any atom is -0.494 e. The molecule has 0 aliphatic carbocycles. The second kappa shape index (κ2) is 7.69. The number of hydrogen-bond donors (Lipinski definition) is 1. The molecular weight excluding hydrogens is 260 g/mol. The molecule has 0 saturated carbocycles. The summed E-state index contributed by atoms with van der Waals surface area (Å²) in [5.74, 6) is 2.66. The van der Waals surface area contributed by atoms with Gasteiger partial charge in [-0.3, -0.25) is 4.90 Å². The van der Waals surface area contributed by atoms with E-state index in [1.54, 1.807) is 0 Å². The highest BCUT2D eigenvalue weighted by atomic mass is 16.5. The van der Waals surface area contributed by atoms with E-state index in [1.165, 1.54) is 37.9 Å². The van der Waals surface area contributed by atoms with Gasteiger partial charge in [0.05, 0.1) is 6.61 Å². The lowest BCUT2D eigenvalue weighted by molar-refractivity contribution is 0.257. The first-order valence-corrected chi connectivity index (χ1v) is 8.33. The molecule has 1 aliphatic rings. The van der Waals surface area contributed by atoms with E-state index in [1.807, 2.05) is 19.1 Å². The Bertz CT molecular complexity index is 445. The molecule has 2 rings (SSSR count). The Hall–Kier alpha value is -1.22. The van der Waals surface area contributed by atoms with Crippen molar-refractivity contribution < 1.29 is 4.74 Å². The van der Waals surface area contributed by atoms with E-state index in [0.29, 0.717) is 6.61 Å². The molecule has 2 N–H and O–H groups in total. The molecule has 1 saturated heterocycles. The zero-order valence-corrected chi connectivity index (χ0v) is 13.8. The molecule has 0 bridgehead atoms. The largest absolute Gasteiger partial charge is 0.494 e. The maximum atomic E-state index is 5.95. The molecular formula is C18H30N2O. The average molecular weight is 290 g/mol. The van der Waals surface area contributed by atoms with Gasteiger partial charge in [0.25, 0.3) is 0 Å². The van der Waals surface area contributed by atoms with Crippen molar-refractivity contribution in [2.45, 2.75) is 46.6 Å². The summed E-state index contributed by atoms with van der Waals surface area (Å²) < 4.78 is 5.74. The first kappa shape index (κ1) is 16.2. The summed E-state index contributed by atoms with van der Waals surface area (Å²) in [6.45, 7) is 10.8. The maximum absolute atomic E-state index is 5.95. The van der Waals surface area contributed by atoms with Crippen molar-refractivity contribution in [3.05, 3.63) is 23.8 Å². The molecule has 3 heteroatoms. The lowest BCUT2D eigenvalue weighted by atomic mass is 9.89. The van der Waals surface area contributed by atoms with Crippen LogP contribution in [0.1, 0.15) is 45.6 Å². The molecule has 1 fully saturated rings. The molecule has 0 amide bonds. The third-order valence-corrected chi connectivity index (χ3v) is 4.59. The predicted octanol–water partition coefficient (Wildman–Crippen LogP) is 3.93. The number of nitrogens with zero attached hydrogens (tertiary/aromatic N) is 1. The van der Waals surface area contributed by atoms with Crippen molar-refractivity contribution >= 4 is 5.69 Å². The molecule has 1 unspecified atom stereocenters. The van der Waals surface area contributed by atoms with Crippen LogP contribution in [0.15, 0.2) is 18.2 Å². The number of nitrogen functional groups attached to an aromatic ring is 1. The fourth-order valence-electron chi connectivity index (χ4n) is 3.27. The van der Waals surface area contributed by atoms with Crippen LogP contribution < -0.4 is 10.5 Å². The van der Waals surface area contributed by atoms with Crippen LogP contribution in [0.25, 0.3) is 0 Å². The Balaban J connectivity index is 2.02. The summed E-state index contributed by atoms with van der Waals surface area (Å²) in [7, 11) is 0. The molecule has 0 radical (unpaired) electrons. The Labute approximate surface area is 129 Å². The number of rotatable bonds is 5. The van der Waals surface area contributed by atoms with Crippen LogP contribution in [0, 0.1) is 11.8 Å². The van der Waals surface area contributed by atoms with Crippen LogP contribution >= 0.6 is 0 Å². The van der Waals surface area contributed by atoms with Crippen molar-refractivity contribution in [1.82, 2.24) is 4.90 Å². The van der Waals surface area contributed by atoms with Gasteiger partial charge in [0, 0.05) is 17.8 Å². The molecule has 21 heavy (non-hydrogen) atoms. The molecule has 118 valence electrons. The van der Waals surface area contributed by atoms with Crippen LogP contribution in [0.4, 0.5) is 5.69 Å². The summed E-state index contributed by atoms with van der Waals surface area (Å²) >= 11 is 0. The van der Waals surface area contributed by atoms with E-state index in [2.05, 4.69) is 24.8 Å². The fourth-order valence-corrected chi connectivity index (χ4v) is 3.27. The highest BCUT2D eigenvalue weighted by Crippen LogP contribution is 2.27. The van der Waals surface area contributed by atoms with Crippen molar-refractivity contribution in [3.8, 4) is 5.75 Å². The standard InChI is InChI=1S/C18H30N2O/c1-4-21-18-8-7-17(19)12-16(18)13-20-10-5-6-15(9-11-20)14(2)3/h7-8,12,14-15H,4-6,9-11,13,19H2,1-3H3. The lowest BCUT2D eigenvalue weighted by Crippen LogP contribution is -2.25. The highest BCUT2D eigenvalue weighted by molar-refractivity contribution is 5.47. The van der Waals surface area contributed by atoms with Crippen molar-refractivity contribution in [1.29, 1.82) is 0 Å². The Kier molecular flexibility index (Phi) is 5.92. The van der Waals surface area contributed by atoms with Crippen LogP contribution in [-0.4, -0.2) is 24.6 Å². The molecule has 1 aliphatic heterocycles. The van der Waals surface area contributed by atoms with Gasteiger partial charge in [-0.15, -0.1) is 0 Å². The van der Waals surface area contributed by atoms with Gasteiger partial charge in [-0.25, -0.2) is 0 Å². The van der Waals surface area contributed by atoms with Gasteiger partial charge in [0.2, 0.25) is 0 Å². The van der Waals surface area contributed by atoms with Gasteiger partial charge < -0.3 is 10.5 Å².